The van der Waals surface area contributed by atoms with Gasteiger partial charge >= 0.3 is 0 Å². The number of tetrazole rings is 1. The lowest BCUT2D eigenvalue weighted by atomic mass is 10.2. The van der Waals surface area contributed by atoms with Crippen LogP contribution in [-0.2, 0) is 6.67 Å². The predicted molar refractivity (Wildman–Crippen MR) is 89.0 cm³/mol. The molecule has 0 aliphatic carbocycles. The van der Waals surface area contributed by atoms with Gasteiger partial charge in [0.05, 0.1) is 6.20 Å². The van der Waals surface area contributed by atoms with E-state index in [0.29, 0.717) is 12.5 Å². The van der Waals surface area contributed by atoms with Gasteiger partial charge in [-0.1, -0.05) is 0 Å². The van der Waals surface area contributed by atoms with Crippen LogP contribution in [0.15, 0.2) is 42.9 Å². The van der Waals surface area contributed by atoms with Crippen LogP contribution in [0.1, 0.15) is 0 Å². The molecule has 128 valence electrons. The molecule has 9 heteroatoms. The zero-order valence-corrected chi connectivity index (χ0v) is 13.5. The fourth-order valence-corrected chi connectivity index (χ4v) is 2.77. The van der Waals surface area contributed by atoms with E-state index in [4.69, 9.17) is 0 Å². The Kier molecular flexibility index (Phi) is 4.30. The Hall–Kier alpha value is -2.94. The zero-order chi connectivity index (χ0) is 17.1. The molecule has 1 aromatic carbocycles. The molecular formula is C16H17FN8. The largest absolute Gasteiger partial charge is 0.353 e. The van der Waals surface area contributed by atoms with Crippen LogP contribution in [0, 0.1) is 5.82 Å². The van der Waals surface area contributed by atoms with Gasteiger partial charge in [0, 0.05) is 44.1 Å². The number of aromatic nitrogens is 6. The highest BCUT2D eigenvalue weighted by Crippen LogP contribution is 2.15. The van der Waals surface area contributed by atoms with Gasteiger partial charge < -0.3 is 4.90 Å². The van der Waals surface area contributed by atoms with Gasteiger partial charge in [0.15, 0.2) is 0 Å². The van der Waals surface area contributed by atoms with Crippen LogP contribution >= 0.6 is 0 Å². The molecule has 1 saturated heterocycles. The first-order valence-electron chi connectivity index (χ1n) is 8.05. The van der Waals surface area contributed by atoms with Crippen molar-refractivity contribution in [1.82, 2.24) is 35.1 Å². The molecule has 0 unspecified atom stereocenters. The summed E-state index contributed by atoms with van der Waals surface area (Å²) in [7, 11) is 0. The first-order chi connectivity index (χ1) is 12.3. The highest BCUT2D eigenvalue weighted by atomic mass is 19.1. The summed E-state index contributed by atoms with van der Waals surface area (Å²) in [4.78, 5) is 14.5. The zero-order valence-electron chi connectivity index (χ0n) is 13.5. The standard InChI is InChI=1S/C16H17FN8/c17-14-3-1-13(2-4-14)16-20-22-25(21-16)12-23-7-9-24(10-8-23)15-11-18-5-6-19-15/h1-6,11H,7-10,12H2. The van der Waals surface area contributed by atoms with Crippen molar-refractivity contribution in [2.45, 2.75) is 6.67 Å². The lowest BCUT2D eigenvalue weighted by molar-refractivity contribution is 0.182. The van der Waals surface area contributed by atoms with E-state index in [1.54, 1.807) is 35.5 Å². The molecule has 1 fully saturated rings. The quantitative estimate of drug-likeness (QED) is 0.702. The topological polar surface area (TPSA) is 75.9 Å². The number of piperazine rings is 1. The SMILES string of the molecule is Fc1ccc(-c2nnn(CN3CCN(c4cnccn4)CC3)n2)cc1. The van der Waals surface area contributed by atoms with Crippen LogP contribution < -0.4 is 4.90 Å². The van der Waals surface area contributed by atoms with Crippen LogP contribution in [0.5, 0.6) is 0 Å². The summed E-state index contributed by atoms with van der Waals surface area (Å²) in [6.45, 7) is 4.08. The summed E-state index contributed by atoms with van der Waals surface area (Å²) in [5.41, 5.74) is 0.750. The molecule has 1 aliphatic rings. The molecule has 0 atom stereocenters. The fraction of sp³-hybridized carbons (Fsp3) is 0.312. The van der Waals surface area contributed by atoms with Crippen LogP contribution in [0.25, 0.3) is 11.4 Å². The van der Waals surface area contributed by atoms with E-state index in [9.17, 15) is 4.39 Å². The van der Waals surface area contributed by atoms with Gasteiger partial charge in [0.2, 0.25) is 5.82 Å². The lowest BCUT2D eigenvalue weighted by Crippen LogP contribution is -2.47. The number of hydrogen-bond donors (Lipinski definition) is 0. The summed E-state index contributed by atoms with van der Waals surface area (Å²) in [5.74, 6) is 1.12. The van der Waals surface area contributed by atoms with Crippen molar-refractivity contribution in [2.24, 2.45) is 0 Å². The van der Waals surface area contributed by atoms with Gasteiger partial charge in [-0.25, -0.2) is 9.37 Å². The monoisotopic (exact) mass is 340 g/mol. The highest BCUT2D eigenvalue weighted by Gasteiger charge is 2.19. The van der Waals surface area contributed by atoms with E-state index >= 15 is 0 Å². The van der Waals surface area contributed by atoms with Crippen LogP contribution in [0.3, 0.4) is 0 Å². The number of anilines is 1. The second kappa shape index (κ2) is 6.89. The van der Waals surface area contributed by atoms with Crippen molar-refractivity contribution in [1.29, 1.82) is 0 Å². The van der Waals surface area contributed by atoms with Gasteiger partial charge in [-0.3, -0.25) is 9.88 Å². The molecule has 4 rings (SSSR count). The summed E-state index contributed by atoms with van der Waals surface area (Å²) < 4.78 is 13.0. The number of benzene rings is 1. The van der Waals surface area contributed by atoms with Crippen molar-refractivity contribution in [2.75, 3.05) is 31.1 Å². The molecular weight excluding hydrogens is 323 g/mol. The smallest absolute Gasteiger partial charge is 0.204 e. The van der Waals surface area contributed by atoms with E-state index in [2.05, 4.69) is 35.2 Å². The Bertz CT molecular complexity index is 812. The Morgan fingerprint density at radius 1 is 1.00 bits per heavy atom. The first-order valence-corrected chi connectivity index (χ1v) is 8.05. The molecule has 0 radical (unpaired) electrons. The lowest BCUT2D eigenvalue weighted by Gasteiger charge is -2.34. The van der Waals surface area contributed by atoms with Gasteiger partial charge in [-0.2, -0.15) is 0 Å². The summed E-state index contributed by atoms with van der Waals surface area (Å²) >= 11 is 0. The number of halogens is 1. The van der Waals surface area contributed by atoms with E-state index in [1.807, 2.05) is 0 Å². The van der Waals surface area contributed by atoms with Crippen molar-refractivity contribution >= 4 is 5.82 Å². The molecule has 25 heavy (non-hydrogen) atoms. The molecule has 1 aliphatic heterocycles. The molecule has 0 saturated carbocycles. The molecule has 0 N–H and O–H groups in total. The highest BCUT2D eigenvalue weighted by molar-refractivity contribution is 5.53. The molecule has 0 spiro atoms. The van der Waals surface area contributed by atoms with Gasteiger partial charge in [0.1, 0.15) is 18.3 Å². The molecule has 0 amide bonds. The minimum Gasteiger partial charge on any atom is -0.353 e. The Labute approximate surface area is 143 Å². The average Bonchev–Trinajstić information content (AvgIpc) is 3.12. The van der Waals surface area contributed by atoms with Crippen LogP contribution in [-0.4, -0.2) is 61.3 Å². The van der Waals surface area contributed by atoms with Crippen LogP contribution in [0.4, 0.5) is 10.2 Å². The molecule has 0 bridgehead atoms. The van der Waals surface area contributed by atoms with Crippen molar-refractivity contribution < 1.29 is 4.39 Å². The first kappa shape index (κ1) is 15.6. The predicted octanol–water partition coefficient (Wildman–Crippen LogP) is 1.05. The third-order valence-electron chi connectivity index (χ3n) is 4.13. The molecule has 8 nitrogen and oxygen atoms in total. The molecule has 3 heterocycles. The van der Waals surface area contributed by atoms with Gasteiger partial charge in [-0.15, -0.1) is 15.0 Å². The number of hydrogen-bond acceptors (Lipinski definition) is 7. The number of rotatable bonds is 4. The summed E-state index contributed by atoms with van der Waals surface area (Å²) in [5, 5.41) is 12.5. The van der Waals surface area contributed by atoms with Gasteiger partial charge in [0.25, 0.3) is 0 Å². The van der Waals surface area contributed by atoms with E-state index < -0.39 is 0 Å². The second-order valence-electron chi connectivity index (χ2n) is 5.80. The van der Waals surface area contributed by atoms with Crippen molar-refractivity contribution in [3.05, 3.63) is 48.7 Å². The fourth-order valence-electron chi connectivity index (χ4n) is 2.77. The average molecular weight is 340 g/mol. The van der Waals surface area contributed by atoms with E-state index in [1.165, 1.54) is 12.1 Å². The second-order valence-corrected chi connectivity index (χ2v) is 5.80. The van der Waals surface area contributed by atoms with Crippen LogP contribution in [0.2, 0.25) is 0 Å². The maximum Gasteiger partial charge on any atom is 0.204 e. The number of nitrogens with zero attached hydrogens (tertiary/aromatic N) is 8. The Balaban J connectivity index is 1.35. The molecule has 2 aromatic heterocycles. The maximum atomic E-state index is 13.0. The third kappa shape index (κ3) is 3.61. The summed E-state index contributed by atoms with van der Waals surface area (Å²) in [6.07, 6.45) is 5.16. The Morgan fingerprint density at radius 3 is 2.52 bits per heavy atom. The van der Waals surface area contributed by atoms with E-state index in [0.717, 1.165) is 37.6 Å². The maximum absolute atomic E-state index is 13.0. The minimum atomic E-state index is -0.280. The molecule has 3 aromatic rings. The Morgan fingerprint density at radius 2 is 1.80 bits per heavy atom. The van der Waals surface area contributed by atoms with Gasteiger partial charge in [-0.05, 0) is 29.5 Å². The van der Waals surface area contributed by atoms with Crippen molar-refractivity contribution in [3.8, 4) is 11.4 Å². The minimum absolute atomic E-state index is 0.280. The van der Waals surface area contributed by atoms with E-state index in [-0.39, 0.29) is 5.82 Å². The summed E-state index contributed by atoms with van der Waals surface area (Å²) in [6, 6.07) is 6.08. The van der Waals surface area contributed by atoms with Crippen molar-refractivity contribution in [3.63, 3.8) is 0 Å². The normalized spacial score (nSPS) is 15.5. The third-order valence-corrected chi connectivity index (χ3v) is 4.13.